The first-order valence-corrected chi connectivity index (χ1v) is 10.8. The summed E-state index contributed by atoms with van der Waals surface area (Å²) in [6, 6.07) is 8.27. The average molecular weight is 452 g/mol. The highest BCUT2D eigenvalue weighted by Gasteiger charge is 2.44. The van der Waals surface area contributed by atoms with Crippen molar-refractivity contribution in [1.82, 2.24) is 14.4 Å². The molecule has 172 valence electrons. The molecular formula is C22H27N8O3+. The Bertz CT molecular complexity index is 1100. The summed E-state index contributed by atoms with van der Waals surface area (Å²) in [5.41, 5.74) is 2.92. The summed E-state index contributed by atoms with van der Waals surface area (Å²) >= 11 is 0. The Morgan fingerprint density at radius 1 is 1.15 bits per heavy atom. The fourth-order valence-corrected chi connectivity index (χ4v) is 3.94. The Balaban J connectivity index is 1.35. The van der Waals surface area contributed by atoms with Gasteiger partial charge < -0.3 is 24.4 Å². The molecule has 3 aliphatic rings. The lowest BCUT2D eigenvalue weighted by atomic mass is 10.2. The fourth-order valence-electron chi connectivity index (χ4n) is 3.94. The van der Waals surface area contributed by atoms with E-state index in [-0.39, 0.29) is 10.9 Å². The minimum Gasteiger partial charge on any atom is -0.378 e. The third-order valence-corrected chi connectivity index (χ3v) is 5.76. The van der Waals surface area contributed by atoms with Gasteiger partial charge in [0.05, 0.1) is 32.2 Å². The van der Waals surface area contributed by atoms with E-state index in [4.69, 9.17) is 19.3 Å². The Morgan fingerprint density at radius 3 is 2.70 bits per heavy atom. The number of nitrogens with one attached hydrogen (secondary N) is 1. The number of ether oxygens (including phenoxy) is 3. The van der Waals surface area contributed by atoms with Crippen molar-refractivity contribution >= 4 is 35.1 Å². The van der Waals surface area contributed by atoms with Crippen molar-refractivity contribution in [3.63, 3.8) is 0 Å². The van der Waals surface area contributed by atoms with Gasteiger partial charge in [0.25, 0.3) is 11.8 Å². The Kier molecular flexibility index (Phi) is 6.01. The number of aromatic nitrogens is 2. The number of morpholine rings is 1. The summed E-state index contributed by atoms with van der Waals surface area (Å²) in [6.07, 6.45) is 8.60. The van der Waals surface area contributed by atoms with Crippen LogP contribution in [0.15, 0.2) is 64.1 Å². The highest BCUT2D eigenvalue weighted by molar-refractivity contribution is 6.38. The van der Waals surface area contributed by atoms with Crippen molar-refractivity contribution < 1.29 is 14.2 Å². The van der Waals surface area contributed by atoms with E-state index < -0.39 is 0 Å². The normalized spacial score (nSPS) is 21.8. The monoisotopic (exact) mass is 451 g/mol. The maximum absolute atomic E-state index is 5.44. The van der Waals surface area contributed by atoms with Gasteiger partial charge in [-0.1, -0.05) is 4.59 Å². The number of anilines is 2. The van der Waals surface area contributed by atoms with E-state index in [0.717, 1.165) is 37.7 Å². The molecule has 1 fully saturated rings. The molecule has 11 nitrogen and oxygen atoms in total. The standard InChI is InChI=1S/C22H27N8O3/c1-31-21(32-2)16-29-15-19(13-24-29)30-10-7-23-14-20(30)26-22(27-30)25-17-3-5-18(6-4-17)28-8-11-33-12-9-28/h3-7,10,13-15,21H,8-9,11-12,16H2,1-2H3,(H,25,27)/q+1. The van der Waals surface area contributed by atoms with Crippen LogP contribution in [0.4, 0.5) is 17.1 Å². The molecule has 1 unspecified atom stereocenters. The van der Waals surface area contributed by atoms with Gasteiger partial charge in [0.2, 0.25) is 5.69 Å². The maximum Gasteiger partial charge on any atom is 0.287 e. The molecule has 3 aliphatic heterocycles. The van der Waals surface area contributed by atoms with Gasteiger partial charge in [0.1, 0.15) is 12.4 Å². The van der Waals surface area contributed by atoms with Gasteiger partial charge in [0.15, 0.2) is 12.5 Å². The summed E-state index contributed by atoms with van der Waals surface area (Å²) in [6.45, 7) is 3.79. The predicted octanol–water partition coefficient (Wildman–Crippen LogP) is 2.00. The van der Waals surface area contributed by atoms with Gasteiger partial charge in [-0.2, -0.15) is 10.1 Å². The van der Waals surface area contributed by atoms with E-state index in [1.165, 1.54) is 5.69 Å². The zero-order chi connectivity index (χ0) is 22.7. The van der Waals surface area contributed by atoms with Crippen LogP contribution in [0.25, 0.3) is 0 Å². The minimum atomic E-state index is -0.385. The van der Waals surface area contributed by atoms with Crippen LogP contribution in [-0.2, 0) is 20.8 Å². The molecule has 1 aromatic heterocycles. The number of nitrogens with zero attached hydrogens (tertiary/aromatic N) is 7. The summed E-state index contributed by atoms with van der Waals surface area (Å²) < 4.78 is 17.8. The Labute approximate surface area is 191 Å². The summed E-state index contributed by atoms with van der Waals surface area (Å²) in [5, 5.41) is 12.6. The van der Waals surface area contributed by atoms with Gasteiger partial charge >= 0.3 is 0 Å². The molecule has 0 saturated carbocycles. The topological polar surface area (TPSA) is 97.9 Å². The number of rotatable bonds is 7. The van der Waals surface area contributed by atoms with Crippen molar-refractivity contribution in [1.29, 1.82) is 0 Å². The number of quaternary nitrogens is 1. The molecule has 4 heterocycles. The van der Waals surface area contributed by atoms with Crippen LogP contribution < -0.4 is 14.8 Å². The van der Waals surface area contributed by atoms with E-state index in [2.05, 4.69) is 37.4 Å². The zero-order valence-corrected chi connectivity index (χ0v) is 18.7. The quantitative estimate of drug-likeness (QED) is 0.511. The molecule has 2 aromatic rings. The fraction of sp³-hybridized carbons (Fsp3) is 0.364. The van der Waals surface area contributed by atoms with Crippen LogP contribution >= 0.6 is 0 Å². The molecule has 1 N–H and O–H groups in total. The SMILES string of the molecule is COC(Cn1cc([N+]23C=CN=CC2=NC(Nc2ccc(N4CCOCC4)cc2)=N3)cn1)OC. The van der Waals surface area contributed by atoms with Crippen LogP contribution in [0, 0.1) is 0 Å². The lowest BCUT2D eigenvalue weighted by molar-refractivity contribution is -0.112. The number of amidine groups is 1. The predicted molar refractivity (Wildman–Crippen MR) is 127 cm³/mol. The number of hydrogen-bond acceptors (Lipinski definition) is 9. The van der Waals surface area contributed by atoms with Crippen LogP contribution in [0.1, 0.15) is 0 Å². The van der Waals surface area contributed by atoms with E-state index in [9.17, 15) is 0 Å². The summed E-state index contributed by atoms with van der Waals surface area (Å²) in [4.78, 5) is 11.2. The smallest absolute Gasteiger partial charge is 0.287 e. The average Bonchev–Trinajstić information content (AvgIpc) is 3.48. The second kappa shape index (κ2) is 9.24. The molecule has 11 heteroatoms. The highest BCUT2D eigenvalue weighted by Crippen LogP contribution is 2.31. The van der Waals surface area contributed by atoms with Gasteiger partial charge in [-0.15, -0.1) is 0 Å². The first-order valence-electron chi connectivity index (χ1n) is 10.8. The second-order valence-corrected chi connectivity index (χ2v) is 7.75. The summed E-state index contributed by atoms with van der Waals surface area (Å²) in [7, 11) is 3.20. The van der Waals surface area contributed by atoms with Crippen LogP contribution in [0.3, 0.4) is 0 Å². The maximum atomic E-state index is 5.44. The number of fused-ring (bicyclic) bond motifs is 1. The molecule has 0 spiro atoms. The number of benzene rings is 1. The third kappa shape index (κ3) is 4.31. The first kappa shape index (κ1) is 21.5. The molecule has 1 saturated heterocycles. The molecule has 5 rings (SSSR count). The minimum absolute atomic E-state index is 0.0579. The molecule has 0 aliphatic carbocycles. The van der Waals surface area contributed by atoms with Gasteiger partial charge in [-0.3, -0.25) is 9.67 Å². The van der Waals surface area contributed by atoms with E-state index in [0.29, 0.717) is 18.3 Å². The Hall–Kier alpha value is -3.38. The van der Waals surface area contributed by atoms with Crippen molar-refractivity contribution in [2.75, 3.05) is 50.7 Å². The van der Waals surface area contributed by atoms with Gasteiger partial charge in [-0.25, -0.2) is 0 Å². The molecular weight excluding hydrogens is 424 g/mol. The second-order valence-electron chi connectivity index (χ2n) is 7.75. The number of aliphatic imine (C=N–C) groups is 2. The third-order valence-electron chi connectivity index (χ3n) is 5.76. The lowest BCUT2D eigenvalue weighted by Crippen LogP contribution is -2.44. The lowest BCUT2D eigenvalue weighted by Gasteiger charge is -2.28. The molecule has 0 radical (unpaired) electrons. The highest BCUT2D eigenvalue weighted by atomic mass is 16.7. The molecule has 33 heavy (non-hydrogen) atoms. The molecule has 1 aromatic carbocycles. The van der Waals surface area contributed by atoms with Crippen LogP contribution in [-0.4, -0.2) is 74.6 Å². The van der Waals surface area contributed by atoms with E-state index in [1.807, 2.05) is 24.5 Å². The van der Waals surface area contributed by atoms with E-state index >= 15 is 0 Å². The van der Waals surface area contributed by atoms with Crippen molar-refractivity contribution in [2.45, 2.75) is 12.8 Å². The van der Waals surface area contributed by atoms with Crippen molar-refractivity contribution in [2.24, 2.45) is 15.1 Å². The molecule has 0 amide bonds. The van der Waals surface area contributed by atoms with Crippen LogP contribution in [0.2, 0.25) is 0 Å². The molecule has 0 bridgehead atoms. The first-order chi connectivity index (χ1) is 16.2. The molecule has 1 atom stereocenters. The van der Waals surface area contributed by atoms with Crippen LogP contribution in [0.5, 0.6) is 0 Å². The zero-order valence-electron chi connectivity index (χ0n) is 18.7. The van der Waals surface area contributed by atoms with Gasteiger partial charge in [0, 0.05) is 38.7 Å². The number of guanidine groups is 1. The Morgan fingerprint density at radius 2 is 1.94 bits per heavy atom. The largest absolute Gasteiger partial charge is 0.378 e. The number of hydrogen-bond donors (Lipinski definition) is 1. The van der Waals surface area contributed by atoms with E-state index in [1.54, 1.807) is 37.5 Å². The number of methoxy groups -OCH3 is 2. The van der Waals surface area contributed by atoms with Crippen molar-refractivity contribution in [3.8, 4) is 0 Å². The van der Waals surface area contributed by atoms with Crippen molar-refractivity contribution in [3.05, 3.63) is 49.1 Å². The van der Waals surface area contributed by atoms with Gasteiger partial charge in [-0.05, 0) is 29.4 Å². The summed E-state index contributed by atoms with van der Waals surface area (Å²) in [5.74, 6) is 1.18.